The fraction of sp³-hybridized carbons (Fsp3) is 0.238. The van der Waals surface area contributed by atoms with Gasteiger partial charge in [0.1, 0.15) is 0 Å². The first-order valence-corrected chi connectivity index (χ1v) is 10.5. The molecule has 1 amide bonds. The molecular formula is C21H20N2O5S2. The summed E-state index contributed by atoms with van der Waals surface area (Å²) in [5.74, 6) is 0.965. The quantitative estimate of drug-likeness (QED) is 0.252. The summed E-state index contributed by atoms with van der Waals surface area (Å²) < 4.78 is 11.8. The summed E-state index contributed by atoms with van der Waals surface area (Å²) in [5.41, 5.74) is 1.22. The Kier molecular flexibility index (Phi) is 6.73. The van der Waals surface area contributed by atoms with Crippen molar-refractivity contribution in [3.05, 3.63) is 63.0 Å². The highest BCUT2D eigenvalue weighted by Gasteiger charge is 2.33. The second-order valence-corrected chi connectivity index (χ2v) is 8.27. The number of nitro benzene ring substituents is 1. The van der Waals surface area contributed by atoms with Gasteiger partial charge in [0.2, 0.25) is 0 Å². The Balaban J connectivity index is 1.87. The largest absolute Gasteiger partial charge is 0.490 e. The molecule has 156 valence electrons. The van der Waals surface area contributed by atoms with Crippen LogP contribution in [0.5, 0.6) is 11.5 Å². The van der Waals surface area contributed by atoms with Crippen LogP contribution in [0.1, 0.15) is 26.3 Å². The van der Waals surface area contributed by atoms with Gasteiger partial charge in [0.25, 0.3) is 11.6 Å². The zero-order chi connectivity index (χ0) is 21.8. The van der Waals surface area contributed by atoms with E-state index in [1.54, 1.807) is 6.08 Å². The predicted molar refractivity (Wildman–Crippen MR) is 122 cm³/mol. The number of thiocarbonyl (C=S) groups is 1. The minimum absolute atomic E-state index is 0.00741. The number of anilines is 1. The van der Waals surface area contributed by atoms with Gasteiger partial charge in [-0.3, -0.25) is 19.8 Å². The number of carbonyl (C=O) groups is 1. The number of rotatable bonds is 7. The molecule has 1 fully saturated rings. The Hall–Kier alpha value is -2.91. The van der Waals surface area contributed by atoms with E-state index in [-0.39, 0.29) is 17.7 Å². The molecular weight excluding hydrogens is 424 g/mol. The number of benzene rings is 2. The first-order chi connectivity index (χ1) is 14.3. The SMILES string of the molecule is CCOc1cc(/C=C2\SC(=S)N(c3ccc([N+](=O)[O-])cc3)C2=O)ccc1OC(C)C. The molecule has 1 heterocycles. The first-order valence-electron chi connectivity index (χ1n) is 9.26. The Labute approximate surface area is 183 Å². The Morgan fingerprint density at radius 2 is 1.90 bits per heavy atom. The van der Waals surface area contributed by atoms with E-state index < -0.39 is 4.92 Å². The lowest BCUT2D eigenvalue weighted by Crippen LogP contribution is -2.27. The average Bonchev–Trinajstić information content (AvgIpc) is 2.97. The maximum Gasteiger partial charge on any atom is 0.270 e. The molecule has 0 radical (unpaired) electrons. The van der Waals surface area contributed by atoms with Crippen molar-refractivity contribution in [2.24, 2.45) is 0 Å². The van der Waals surface area contributed by atoms with Gasteiger partial charge in [-0.2, -0.15) is 0 Å². The Bertz CT molecular complexity index is 1020. The van der Waals surface area contributed by atoms with Crippen molar-refractivity contribution in [1.82, 2.24) is 0 Å². The fourth-order valence-electron chi connectivity index (χ4n) is 2.80. The topological polar surface area (TPSA) is 81.9 Å². The molecule has 7 nitrogen and oxygen atoms in total. The monoisotopic (exact) mass is 444 g/mol. The van der Waals surface area contributed by atoms with Crippen LogP contribution in [-0.2, 0) is 4.79 Å². The lowest BCUT2D eigenvalue weighted by Gasteiger charge is -2.15. The highest BCUT2D eigenvalue weighted by Crippen LogP contribution is 2.37. The van der Waals surface area contributed by atoms with E-state index in [1.165, 1.54) is 40.9 Å². The van der Waals surface area contributed by atoms with Crippen LogP contribution in [0, 0.1) is 10.1 Å². The summed E-state index contributed by atoms with van der Waals surface area (Å²) in [6.07, 6.45) is 1.75. The fourth-order valence-corrected chi connectivity index (χ4v) is 4.10. The van der Waals surface area contributed by atoms with Crippen LogP contribution in [-0.4, -0.2) is 27.9 Å². The molecule has 0 saturated carbocycles. The van der Waals surface area contributed by atoms with E-state index >= 15 is 0 Å². The van der Waals surface area contributed by atoms with Gasteiger partial charge < -0.3 is 9.47 Å². The molecule has 3 rings (SSSR count). The van der Waals surface area contributed by atoms with Gasteiger partial charge in [-0.15, -0.1) is 0 Å². The normalized spacial score (nSPS) is 15.2. The highest BCUT2D eigenvalue weighted by atomic mass is 32.2. The van der Waals surface area contributed by atoms with Gasteiger partial charge >= 0.3 is 0 Å². The summed E-state index contributed by atoms with van der Waals surface area (Å²) in [5, 5.41) is 10.8. The molecule has 1 aliphatic heterocycles. The standard InChI is InChI=1S/C21H20N2O5S2/c1-4-27-18-11-14(5-10-17(18)28-13(2)3)12-19-20(24)22(21(29)30-19)15-6-8-16(9-7-15)23(25)26/h5-13H,4H2,1-3H3/b19-12-. The van der Waals surface area contributed by atoms with Crippen molar-refractivity contribution in [3.63, 3.8) is 0 Å². The molecule has 9 heteroatoms. The third-order valence-electron chi connectivity index (χ3n) is 4.04. The number of amides is 1. The van der Waals surface area contributed by atoms with Crippen LogP contribution < -0.4 is 14.4 Å². The summed E-state index contributed by atoms with van der Waals surface area (Å²) in [6, 6.07) is 11.2. The molecule has 1 saturated heterocycles. The Morgan fingerprint density at radius 1 is 1.20 bits per heavy atom. The molecule has 0 aromatic heterocycles. The van der Waals surface area contributed by atoms with Crippen LogP contribution in [0.15, 0.2) is 47.4 Å². The van der Waals surface area contributed by atoms with Gasteiger partial charge in [-0.05, 0) is 56.7 Å². The predicted octanol–water partition coefficient (Wildman–Crippen LogP) is 5.19. The van der Waals surface area contributed by atoms with Crippen molar-refractivity contribution in [2.75, 3.05) is 11.5 Å². The third-order valence-corrected chi connectivity index (χ3v) is 5.34. The number of thioether (sulfide) groups is 1. The Morgan fingerprint density at radius 3 is 2.50 bits per heavy atom. The number of carbonyl (C=O) groups excluding carboxylic acids is 1. The lowest BCUT2D eigenvalue weighted by molar-refractivity contribution is -0.384. The van der Waals surface area contributed by atoms with Crippen molar-refractivity contribution in [2.45, 2.75) is 26.9 Å². The number of ether oxygens (including phenoxy) is 2. The average molecular weight is 445 g/mol. The van der Waals surface area contributed by atoms with Crippen molar-refractivity contribution in [3.8, 4) is 11.5 Å². The van der Waals surface area contributed by atoms with E-state index in [0.717, 1.165) is 5.56 Å². The summed E-state index contributed by atoms with van der Waals surface area (Å²) in [4.78, 5) is 25.1. The number of hydrogen-bond donors (Lipinski definition) is 0. The maximum atomic E-state index is 12.9. The van der Waals surface area contributed by atoms with Crippen LogP contribution in [0.25, 0.3) is 6.08 Å². The van der Waals surface area contributed by atoms with Gasteiger partial charge in [-0.1, -0.05) is 30.0 Å². The molecule has 0 spiro atoms. The third kappa shape index (κ3) is 4.80. The second kappa shape index (κ2) is 9.27. The first kappa shape index (κ1) is 21.8. The molecule has 0 bridgehead atoms. The van der Waals surface area contributed by atoms with E-state index in [1.807, 2.05) is 39.0 Å². The number of nitro groups is 1. The molecule has 0 N–H and O–H groups in total. The van der Waals surface area contributed by atoms with E-state index in [2.05, 4.69) is 0 Å². The van der Waals surface area contributed by atoms with Crippen LogP contribution in [0.2, 0.25) is 0 Å². The summed E-state index contributed by atoms with van der Waals surface area (Å²) >= 11 is 6.54. The maximum absolute atomic E-state index is 12.9. The number of hydrogen-bond acceptors (Lipinski definition) is 7. The van der Waals surface area contributed by atoms with E-state index in [9.17, 15) is 14.9 Å². The van der Waals surface area contributed by atoms with Crippen molar-refractivity contribution < 1.29 is 19.2 Å². The highest BCUT2D eigenvalue weighted by molar-refractivity contribution is 8.27. The molecule has 0 unspecified atom stereocenters. The number of non-ortho nitro benzene ring substituents is 1. The number of nitrogens with zero attached hydrogens (tertiary/aromatic N) is 2. The summed E-state index contributed by atoms with van der Waals surface area (Å²) in [6.45, 7) is 6.25. The molecule has 2 aromatic carbocycles. The van der Waals surface area contributed by atoms with E-state index in [0.29, 0.717) is 33.0 Å². The van der Waals surface area contributed by atoms with Gasteiger partial charge in [0.15, 0.2) is 15.8 Å². The van der Waals surface area contributed by atoms with Crippen molar-refractivity contribution in [1.29, 1.82) is 0 Å². The zero-order valence-corrected chi connectivity index (χ0v) is 18.3. The van der Waals surface area contributed by atoms with Crippen molar-refractivity contribution >= 4 is 51.7 Å². The van der Waals surface area contributed by atoms with Crippen LogP contribution in [0.4, 0.5) is 11.4 Å². The van der Waals surface area contributed by atoms with E-state index in [4.69, 9.17) is 21.7 Å². The molecule has 1 aliphatic rings. The second-order valence-electron chi connectivity index (χ2n) is 6.60. The molecule has 30 heavy (non-hydrogen) atoms. The minimum atomic E-state index is -0.489. The minimum Gasteiger partial charge on any atom is -0.490 e. The summed E-state index contributed by atoms with van der Waals surface area (Å²) in [7, 11) is 0. The zero-order valence-electron chi connectivity index (χ0n) is 16.7. The molecule has 0 atom stereocenters. The van der Waals surface area contributed by atoms with Gasteiger partial charge in [0, 0.05) is 12.1 Å². The smallest absolute Gasteiger partial charge is 0.270 e. The van der Waals surface area contributed by atoms with Crippen LogP contribution in [0.3, 0.4) is 0 Å². The molecule has 2 aromatic rings. The molecule has 0 aliphatic carbocycles. The lowest BCUT2D eigenvalue weighted by atomic mass is 10.1. The van der Waals surface area contributed by atoms with Gasteiger partial charge in [-0.25, -0.2) is 0 Å². The van der Waals surface area contributed by atoms with Gasteiger partial charge in [0.05, 0.1) is 28.2 Å². The van der Waals surface area contributed by atoms with Crippen LogP contribution >= 0.6 is 24.0 Å².